The topological polar surface area (TPSA) is 85.8 Å². The summed E-state index contributed by atoms with van der Waals surface area (Å²) in [5, 5.41) is 11.5. The summed E-state index contributed by atoms with van der Waals surface area (Å²) >= 11 is 1.31. The van der Waals surface area contributed by atoms with Gasteiger partial charge in [-0.05, 0) is 43.0 Å². The molecular formula is C18H24FN5OS. The van der Waals surface area contributed by atoms with Crippen LogP contribution in [0.1, 0.15) is 39.5 Å². The lowest BCUT2D eigenvalue weighted by Crippen LogP contribution is -2.41. The highest BCUT2D eigenvalue weighted by Crippen LogP contribution is 2.29. The smallest absolute Gasteiger partial charge is 0.234 e. The van der Waals surface area contributed by atoms with E-state index in [0.29, 0.717) is 16.5 Å². The third kappa shape index (κ3) is 4.17. The van der Waals surface area contributed by atoms with Gasteiger partial charge >= 0.3 is 0 Å². The maximum Gasteiger partial charge on any atom is 0.234 e. The Hall–Kier alpha value is -2.09. The van der Waals surface area contributed by atoms with Crippen molar-refractivity contribution in [1.82, 2.24) is 20.2 Å². The van der Waals surface area contributed by atoms with E-state index in [1.165, 1.54) is 41.4 Å². The maximum absolute atomic E-state index is 13.1. The second-order valence-corrected chi connectivity index (χ2v) is 8.06. The quantitative estimate of drug-likeness (QED) is 0.597. The first-order chi connectivity index (χ1) is 12.5. The van der Waals surface area contributed by atoms with E-state index in [-0.39, 0.29) is 28.9 Å². The number of amides is 1. The second kappa shape index (κ2) is 8.07. The molecule has 1 aliphatic rings. The monoisotopic (exact) mass is 377 g/mol. The van der Waals surface area contributed by atoms with Gasteiger partial charge in [0, 0.05) is 11.6 Å². The van der Waals surface area contributed by atoms with Crippen molar-refractivity contribution in [3.63, 3.8) is 0 Å². The van der Waals surface area contributed by atoms with Gasteiger partial charge in [-0.15, -0.1) is 10.2 Å². The molecule has 1 heterocycles. The van der Waals surface area contributed by atoms with Crippen molar-refractivity contribution < 1.29 is 9.18 Å². The summed E-state index contributed by atoms with van der Waals surface area (Å²) in [4.78, 5) is 12.7. The normalized spacial score (nSPS) is 16.2. The number of hydrogen-bond acceptors (Lipinski definition) is 5. The number of hydrogen-bond donors (Lipinski definition) is 2. The molecular weight excluding hydrogens is 353 g/mol. The van der Waals surface area contributed by atoms with E-state index < -0.39 is 0 Å². The third-order valence-electron chi connectivity index (χ3n) is 4.56. The molecule has 26 heavy (non-hydrogen) atoms. The molecule has 0 bridgehead atoms. The molecule has 0 aliphatic heterocycles. The van der Waals surface area contributed by atoms with Gasteiger partial charge in [0.15, 0.2) is 5.82 Å². The van der Waals surface area contributed by atoms with E-state index in [0.717, 1.165) is 12.8 Å². The van der Waals surface area contributed by atoms with Gasteiger partial charge in [0.2, 0.25) is 11.1 Å². The molecule has 1 saturated carbocycles. The Labute approximate surface area is 156 Å². The van der Waals surface area contributed by atoms with Crippen LogP contribution in [-0.2, 0) is 4.79 Å². The minimum absolute atomic E-state index is 0.0169. The first kappa shape index (κ1) is 18.7. The standard InChI is InChI=1S/C18H24FN5OS/c1-11(2)15(17(25)21-14-5-3-4-6-14)26-18-23-22-16(24(18)20)12-7-9-13(19)10-8-12/h7-11,14-15H,3-6,20H2,1-2H3,(H,21,25). The SMILES string of the molecule is CC(C)C(Sc1nnc(-c2ccc(F)cc2)n1N)C(=O)NC1CCCC1. The van der Waals surface area contributed by atoms with Crippen molar-refractivity contribution in [2.75, 3.05) is 5.84 Å². The summed E-state index contributed by atoms with van der Waals surface area (Å²) < 4.78 is 14.5. The molecule has 3 rings (SSSR count). The number of carbonyl (C=O) groups is 1. The van der Waals surface area contributed by atoms with Crippen LogP contribution in [-0.4, -0.2) is 32.1 Å². The molecule has 0 spiro atoms. The van der Waals surface area contributed by atoms with Crippen LogP contribution in [0.3, 0.4) is 0 Å². The summed E-state index contributed by atoms with van der Waals surface area (Å²) in [5.74, 6) is 6.38. The van der Waals surface area contributed by atoms with E-state index in [4.69, 9.17) is 5.84 Å². The molecule has 1 aromatic carbocycles. The number of benzene rings is 1. The average molecular weight is 377 g/mol. The zero-order chi connectivity index (χ0) is 18.7. The van der Waals surface area contributed by atoms with Gasteiger partial charge in [0.25, 0.3) is 0 Å². The second-order valence-electron chi connectivity index (χ2n) is 6.96. The highest BCUT2D eigenvalue weighted by Gasteiger charge is 2.29. The molecule has 3 N–H and O–H groups in total. The molecule has 1 aromatic heterocycles. The summed E-state index contributed by atoms with van der Waals surface area (Å²) in [6.07, 6.45) is 4.43. The van der Waals surface area contributed by atoms with Crippen molar-refractivity contribution in [1.29, 1.82) is 0 Å². The Morgan fingerprint density at radius 3 is 2.54 bits per heavy atom. The fourth-order valence-corrected chi connectivity index (χ4v) is 4.07. The lowest BCUT2D eigenvalue weighted by Gasteiger charge is -2.21. The van der Waals surface area contributed by atoms with Crippen LogP contribution in [0.2, 0.25) is 0 Å². The van der Waals surface area contributed by atoms with Crippen LogP contribution in [0.4, 0.5) is 4.39 Å². The Morgan fingerprint density at radius 2 is 1.92 bits per heavy atom. The molecule has 0 radical (unpaired) electrons. The van der Waals surface area contributed by atoms with Gasteiger partial charge in [0.05, 0.1) is 5.25 Å². The van der Waals surface area contributed by atoms with Crippen LogP contribution in [0.15, 0.2) is 29.4 Å². The minimum Gasteiger partial charge on any atom is -0.352 e. The number of halogens is 1. The van der Waals surface area contributed by atoms with Crippen LogP contribution in [0.25, 0.3) is 11.4 Å². The van der Waals surface area contributed by atoms with Gasteiger partial charge in [-0.1, -0.05) is 38.5 Å². The molecule has 2 aromatic rings. The van der Waals surface area contributed by atoms with Crippen molar-refractivity contribution >= 4 is 17.7 Å². The predicted octanol–water partition coefficient (Wildman–Crippen LogP) is 2.97. The molecule has 8 heteroatoms. The van der Waals surface area contributed by atoms with Gasteiger partial charge in [-0.25, -0.2) is 9.07 Å². The van der Waals surface area contributed by atoms with Crippen LogP contribution in [0, 0.1) is 11.7 Å². The number of nitrogen functional groups attached to an aromatic ring is 1. The van der Waals surface area contributed by atoms with Crippen LogP contribution in [0.5, 0.6) is 0 Å². The lowest BCUT2D eigenvalue weighted by atomic mass is 10.1. The van der Waals surface area contributed by atoms with E-state index in [1.54, 1.807) is 12.1 Å². The fourth-order valence-electron chi connectivity index (χ4n) is 3.11. The summed E-state index contributed by atoms with van der Waals surface area (Å²) in [6, 6.07) is 6.18. The zero-order valence-corrected chi connectivity index (χ0v) is 15.8. The fraction of sp³-hybridized carbons (Fsp3) is 0.500. The number of nitrogens with zero attached hydrogens (tertiary/aromatic N) is 3. The highest BCUT2D eigenvalue weighted by atomic mass is 32.2. The average Bonchev–Trinajstić information content (AvgIpc) is 3.23. The highest BCUT2D eigenvalue weighted by molar-refractivity contribution is 8.00. The molecule has 1 fully saturated rings. The Kier molecular flexibility index (Phi) is 5.80. The number of thioether (sulfide) groups is 1. The number of aromatic nitrogens is 3. The molecule has 140 valence electrons. The first-order valence-corrected chi connectivity index (χ1v) is 9.77. The molecule has 1 aliphatic carbocycles. The van der Waals surface area contributed by atoms with E-state index in [1.807, 2.05) is 13.8 Å². The van der Waals surface area contributed by atoms with Gasteiger partial charge in [-0.3, -0.25) is 4.79 Å². The first-order valence-electron chi connectivity index (χ1n) is 8.89. The summed E-state index contributed by atoms with van der Waals surface area (Å²) in [6.45, 7) is 4.01. The van der Waals surface area contributed by atoms with Crippen molar-refractivity contribution in [2.45, 2.75) is 56.0 Å². The van der Waals surface area contributed by atoms with E-state index >= 15 is 0 Å². The zero-order valence-electron chi connectivity index (χ0n) is 15.0. The Bertz CT molecular complexity index is 755. The van der Waals surface area contributed by atoms with Gasteiger partial charge in [0.1, 0.15) is 5.82 Å². The number of rotatable bonds is 6. The maximum atomic E-state index is 13.1. The molecule has 6 nitrogen and oxygen atoms in total. The van der Waals surface area contributed by atoms with Crippen LogP contribution >= 0.6 is 11.8 Å². The molecule has 1 unspecified atom stereocenters. The number of carbonyl (C=O) groups excluding carboxylic acids is 1. The predicted molar refractivity (Wildman–Crippen MR) is 100 cm³/mol. The van der Waals surface area contributed by atoms with Crippen molar-refractivity contribution in [2.24, 2.45) is 5.92 Å². The van der Waals surface area contributed by atoms with E-state index in [9.17, 15) is 9.18 Å². The summed E-state index contributed by atoms with van der Waals surface area (Å²) in [5.41, 5.74) is 0.671. The minimum atomic E-state index is -0.324. The number of nitrogens with two attached hydrogens (primary N) is 1. The lowest BCUT2D eigenvalue weighted by molar-refractivity contribution is -0.121. The van der Waals surface area contributed by atoms with Gasteiger partial charge in [-0.2, -0.15) is 0 Å². The third-order valence-corrected chi connectivity index (χ3v) is 6.07. The number of nitrogens with one attached hydrogen (secondary N) is 1. The molecule has 1 atom stereocenters. The van der Waals surface area contributed by atoms with Crippen molar-refractivity contribution in [3.05, 3.63) is 30.1 Å². The molecule has 0 saturated heterocycles. The van der Waals surface area contributed by atoms with Gasteiger partial charge < -0.3 is 11.2 Å². The van der Waals surface area contributed by atoms with Crippen molar-refractivity contribution in [3.8, 4) is 11.4 Å². The Morgan fingerprint density at radius 1 is 1.27 bits per heavy atom. The largest absolute Gasteiger partial charge is 0.352 e. The molecule has 1 amide bonds. The van der Waals surface area contributed by atoms with E-state index in [2.05, 4.69) is 15.5 Å². The summed E-state index contributed by atoms with van der Waals surface area (Å²) in [7, 11) is 0. The Balaban J connectivity index is 1.75. The van der Waals surface area contributed by atoms with Crippen LogP contribution < -0.4 is 11.2 Å².